The van der Waals surface area contributed by atoms with Crippen molar-refractivity contribution in [3.63, 3.8) is 0 Å². The number of hydrogen-bond donors (Lipinski definition) is 3. The fraction of sp³-hybridized carbons (Fsp3) is 0.930. The van der Waals surface area contributed by atoms with E-state index in [1.54, 1.807) is 0 Å². The van der Waals surface area contributed by atoms with Gasteiger partial charge in [0.1, 0.15) is 18.8 Å². The van der Waals surface area contributed by atoms with Crippen LogP contribution in [0.1, 0.15) is 290 Å². The fourth-order valence-electron chi connectivity index (χ4n) is 9.19. The maximum absolute atomic E-state index is 13.1. The van der Waals surface area contributed by atoms with Gasteiger partial charge in [0.2, 0.25) is 0 Å². The zero-order valence-electron chi connectivity index (χ0n) is 44.6. The number of carboxylic acids is 1. The predicted octanol–water partition coefficient (Wildman–Crippen LogP) is 14.3. The van der Waals surface area contributed by atoms with E-state index in [-0.39, 0.29) is 25.9 Å². The lowest BCUT2D eigenvalue weighted by Crippen LogP contribution is -2.61. The zero-order valence-corrected chi connectivity index (χ0v) is 44.6. The predicted molar refractivity (Wildman–Crippen MR) is 276 cm³/mol. The largest absolute Gasteiger partial charge is 0.479 e. The average Bonchev–Trinajstić information content (AvgIpc) is 3.33. The number of esters is 3. The first-order valence-electron chi connectivity index (χ1n) is 29.0. The second-order valence-corrected chi connectivity index (χ2v) is 20.3. The van der Waals surface area contributed by atoms with Crippen LogP contribution in [-0.4, -0.2) is 89.2 Å². The van der Waals surface area contributed by atoms with E-state index < -0.39 is 67.3 Å². The summed E-state index contributed by atoms with van der Waals surface area (Å²) in [7, 11) is 0. The third-order valence-electron chi connectivity index (χ3n) is 13.7. The number of carbonyl (C=O) groups is 4. The zero-order chi connectivity index (χ0) is 50.4. The number of carboxylic acid groups (broad SMARTS) is 1. The van der Waals surface area contributed by atoms with Crippen molar-refractivity contribution in [3.05, 3.63) is 0 Å². The lowest BCUT2D eigenvalue weighted by atomic mass is 9.98. The van der Waals surface area contributed by atoms with Crippen molar-refractivity contribution in [1.82, 2.24) is 0 Å². The average molecular weight is 983 g/mol. The molecule has 6 atom stereocenters. The molecule has 1 rings (SSSR count). The van der Waals surface area contributed by atoms with Gasteiger partial charge in [-0.25, -0.2) is 4.79 Å². The van der Waals surface area contributed by atoms with E-state index in [9.17, 15) is 34.5 Å². The van der Waals surface area contributed by atoms with Gasteiger partial charge in [-0.15, -0.1) is 0 Å². The van der Waals surface area contributed by atoms with Crippen molar-refractivity contribution in [1.29, 1.82) is 0 Å². The monoisotopic (exact) mass is 983 g/mol. The van der Waals surface area contributed by atoms with Crippen molar-refractivity contribution < 1.29 is 58.2 Å². The number of aliphatic hydroxyl groups excluding tert-OH is 2. The number of aliphatic carboxylic acids is 1. The molecular formula is C57H106O12. The molecular weight excluding hydrogens is 877 g/mol. The van der Waals surface area contributed by atoms with E-state index in [1.807, 2.05) is 0 Å². The van der Waals surface area contributed by atoms with Gasteiger partial charge in [0.05, 0.1) is 6.61 Å². The maximum Gasteiger partial charge on any atom is 0.335 e. The van der Waals surface area contributed by atoms with Crippen LogP contribution in [0.3, 0.4) is 0 Å². The standard InChI is InChI=1S/C57H106O12/c1-4-7-10-13-16-19-21-23-25-27-29-32-34-37-40-43-49(58)65-46-48(67-50(59)44-41-38-36-33-30-28-26-24-22-20-17-14-11-8-5-2)47-66-57-55(53(62)52(61)54(69-57)56(63)64)68-51(60)45-42-39-35-31-18-15-12-9-6-3/h48,52-55,57,61-62H,4-47H2,1-3H3,(H,63,64). The van der Waals surface area contributed by atoms with Gasteiger partial charge in [0, 0.05) is 19.3 Å². The van der Waals surface area contributed by atoms with Crippen molar-refractivity contribution in [2.24, 2.45) is 0 Å². The molecule has 0 bridgehead atoms. The van der Waals surface area contributed by atoms with Crippen molar-refractivity contribution in [2.75, 3.05) is 13.2 Å². The number of aliphatic hydroxyl groups is 2. The Bertz CT molecular complexity index is 1210. The van der Waals surface area contributed by atoms with Gasteiger partial charge in [0.25, 0.3) is 0 Å². The van der Waals surface area contributed by atoms with Gasteiger partial charge >= 0.3 is 23.9 Å². The van der Waals surface area contributed by atoms with Gasteiger partial charge in [-0.1, -0.05) is 252 Å². The topological polar surface area (TPSA) is 175 Å². The van der Waals surface area contributed by atoms with Crippen LogP contribution in [0.4, 0.5) is 0 Å². The number of carbonyl (C=O) groups excluding carboxylic acids is 3. The third kappa shape index (κ3) is 37.2. The van der Waals surface area contributed by atoms with Crippen LogP contribution < -0.4 is 0 Å². The molecule has 1 saturated heterocycles. The van der Waals surface area contributed by atoms with E-state index in [0.29, 0.717) is 19.3 Å². The quantitative estimate of drug-likeness (QED) is 0.0299. The summed E-state index contributed by atoms with van der Waals surface area (Å²) < 4.78 is 28.4. The van der Waals surface area contributed by atoms with Gasteiger partial charge < -0.3 is 39.0 Å². The van der Waals surface area contributed by atoms with Crippen LogP contribution in [0.5, 0.6) is 0 Å². The van der Waals surface area contributed by atoms with E-state index in [0.717, 1.165) is 64.2 Å². The Morgan fingerprint density at radius 3 is 1.09 bits per heavy atom. The first kappa shape index (κ1) is 64.7. The summed E-state index contributed by atoms with van der Waals surface area (Å²) in [5.41, 5.74) is 0. The Balaban J connectivity index is 2.66. The molecule has 1 aliphatic rings. The third-order valence-corrected chi connectivity index (χ3v) is 13.7. The van der Waals surface area contributed by atoms with Crippen LogP contribution in [0.15, 0.2) is 0 Å². The maximum atomic E-state index is 13.1. The van der Waals surface area contributed by atoms with Gasteiger partial charge in [-0.2, -0.15) is 0 Å². The molecule has 69 heavy (non-hydrogen) atoms. The smallest absolute Gasteiger partial charge is 0.335 e. The van der Waals surface area contributed by atoms with Crippen LogP contribution in [0, 0.1) is 0 Å². The molecule has 0 radical (unpaired) electrons. The van der Waals surface area contributed by atoms with E-state index in [4.69, 9.17) is 23.7 Å². The molecule has 12 heteroatoms. The SMILES string of the molecule is CCCCCCCCCCCCCCCCCC(=O)OCC(COC1OC(C(=O)O)C(O)C(O)C1OC(=O)CCCCCCCCCCC)OC(=O)CCCCCCCCCCCCCCCCC. The summed E-state index contributed by atoms with van der Waals surface area (Å²) >= 11 is 0. The normalized spacial score (nSPS) is 18.5. The van der Waals surface area contributed by atoms with Gasteiger partial charge in [0.15, 0.2) is 24.6 Å². The molecule has 406 valence electrons. The number of rotatable bonds is 50. The number of hydrogen-bond acceptors (Lipinski definition) is 11. The molecule has 3 N–H and O–H groups in total. The summed E-state index contributed by atoms with van der Waals surface area (Å²) in [4.78, 5) is 50.9. The molecule has 0 aromatic carbocycles. The lowest BCUT2D eigenvalue weighted by molar-refractivity contribution is -0.301. The molecule has 1 fully saturated rings. The minimum absolute atomic E-state index is 0.0685. The molecule has 6 unspecified atom stereocenters. The minimum atomic E-state index is -1.89. The summed E-state index contributed by atoms with van der Waals surface area (Å²) in [6, 6.07) is 0. The van der Waals surface area contributed by atoms with Crippen molar-refractivity contribution >= 4 is 23.9 Å². The van der Waals surface area contributed by atoms with Crippen molar-refractivity contribution in [2.45, 2.75) is 327 Å². The van der Waals surface area contributed by atoms with Gasteiger partial charge in [-0.05, 0) is 19.3 Å². The van der Waals surface area contributed by atoms with Crippen LogP contribution >= 0.6 is 0 Å². The Kier molecular flexibility index (Phi) is 43.9. The van der Waals surface area contributed by atoms with Crippen LogP contribution in [0.25, 0.3) is 0 Å². The Hall–Kier alpha value is -2.28. The van der Waals surface area contributed by atoms with Crippen LogP contribution in [-0.2, 0) is 42.9 Å². The van der Waals surface area contributed by atoms with Crippen molar-refractivity contribution in [3.8, 4) is 0 Å². The van der Waals surface area contributed by atoms with Gasteiger partial charge in [-0.3, -0.25) is 14.4 Å². The highest BCUT2D eigenvalue weighted by Gasteiger charge is 2.50. The van der Waals surface area contributed by atoms with E-state index in [2.05, 4.69) is 20.8 Å². The molecule has 0 aromatic heterocycles. The summed E-state index contributed by atoms with van der Waals surface area (Å²) in [5, 5.41) is 31.3. The summed E-state index contributed by atoms with van der Waals surface area (Å²) in [6.45, 7) is 5.99. The molecule has 0 amide bonds. The highest BCUT2D eigenvalue weighted by molar-refractivity contribution is 5.74. The number of unbranched alkanes of at least 4 members (excludes halogenated alkanes) is 36. The minimum Gasteiger partial charge on any atom is -0.479 e. The number of ether oxygens (including phenoxy) is 5. The second-order valence-electron chi connectivity index (χ2n) is 20.3. The summed E-state index contributed by atoms with van der Waals surface area (Å²) in [5.74, 6) is -3.08. The highest BCUT2D eigenvalue weighted by Crippen LogP contribution is 2.27. The molecule has 0 spiro atoms. The lowest BCUT2D eigenvalue weighted by Gasteiger charge is -2.40. The molecule has 1 aliphatic heterocycles. The molecule has 0 saturated carbocycles. The fourth-order valence-corrected chi connectivity index (χ4v) is 9.19. The summed E-state index contributed by atoms with van der Waals surface area (Å²) in [6.07, 6.45) is 36.6. The molecule has 0 aromatic rings. The Labute approximate surface area is 421 Å². The van der Waals surface area contributed by atoms with E-state index in [1.165, 1.54) is 167 Å². The Morgan fingerprint density at radius 1 is 0.420 bits per heavy atom. The van der Waals surface area contributed by atoms with Crippen LogP contribution in [0.2, 0.25) is 0 Å². The Morgan fingerprint density at radius 2 is 0.739 bits per heavy atom. The highest BCUT2D eigenvalue weighted by atomic mass is 16.7. The molecule has 1 heterocycles. The van der Waals surface area contributed by atoms with E-state index >= 15 is 0 Å². The first-order valence-corrected chi connectivity index (χ1v) is 29.0. The first-order chi connectivity index (χ1) is 33.6. The molecule has 0 aliphatic carbocycles. The molecule has 12 nitrogen and oxygen atoms in total. The second kappa shape index (κ2) is 46.8.